The van der Waals surface area contributed by atoms with Crippen LogP contribution in [0.25, 0.3) is 0 Å². The highest BCUT2D eigenvalue weighted by Gasteiger charge is 1.94. The van der Waals surface area contributed by atoms with Crippen LogP contribution in [0.5, 0.6) is 0 Å². The minimum absolute atomic E-state index is 0.449. The summed E-state index contributed by atoms with van der Waals surface area (Å²) < 4.78 is 4.88. The number of methoxy groups -OCH3 is 1. The fourth-order valence-electron chi connectivity index (χ4n) is 1.05. The average Bonchev–Trinajstić information content (AvgIpc) is 2.32. The summed E-state index contributed by atoms with van der Waals surface area (Å²) in [4.78, 5) is 0. The fourth-order valence-corrected chi connectivity index (χ4v) is 1.39. The van der Waals surface area contributed by atoms with Crippen LogP contribution >= 0.6 is 23.8 Å². The zero-order chi connectivity index (χ0) is 12.5. The van der Waals surface area contributed by atoms with Crippen molar-refractivity contribution in [2.45, 2.75) is 0 Å². The Morgan fingerprint density at radius 2 is 2.29 bits per heavy atom. The van der Waals surface area contributed by atoms with E-state index in [1.807, 2.05) is 18.2 Å². The first-order valence-electron chi connectivity index (χ1n) is 5.04. The second kappa shape index (κ2) is 8.00. The molecule has 2 N–H and O–H groups in total. The van der Waals surface area contributed by atoms with Crippen molar-refractivity contribution >= 4 is 35.1 Å². The van der Waals surface area contributed by atoms with E-state index in [4.69, 9.17) is 28.6 Å². The van der Waals surface area contributed by atoms with Crippen LogP contribution in [0, 0.1) is 0 Å². The zero-order valence-electron chi connectivity index (χ0n) is 9.44. The number of rotatable bonds is 5. The summed E-state index contributed by atoms with van der Waals surface area (Å²) in [6.45, 7) is 1.24. The standard InChI is InChI=1S/C11H14ClN3OS/c1-16-7-6-13-11(17)15-14-8-9-4-2-3-5-10(9)12/h2-5,8H,6-7H2,1H3,(H2,13,15,17). The van der Waals surface area contributed by atoms with E-state index in [1.54, 1.807) is 19.4 Å². The van der Waals surface area contributed by atoms with Crippen molar-refractivity contribution in [2.24, 2.45) is 5.10 Å². The van der Waals surface area contributed by atoms with Crippen LogP contribution in [0.2, 0.25) is 5.02 Å². The van der Waals surface area contributed by atoms with E-state index in [9.17, 15) is 0 Å². The summed E-state index contributed by atoms with van der Waals surface area (Å²) in [5.41, 5.74) is 3.53. The maximum Gasteiger partial charge on any atom is 0.187 e. The Kier molecular flexibility index (Phi) is 6.54. The van der Waals surface area contributed by atoms with Gasteiger partial charge < -0.3 is 10.1 Å². The van der Waals surface area contributed by atoms with Gasteiger partial charge in [-0.3, -0.25) is 5.43 Å². The lowest BCUT2D eigenvalue weighted by Gasteiger charge is -2.05. The molecule has 6 heteroatoms. The highest BCUT2D eigenvalue weighted by atomic mass is 35.5. The third-order valence-corrected chi connectivity index (χ3v) is 2.45. The second-order valence-corrected chi connectivity index (χ2v) is 3.96. The Balaban J connectivity index is 2.35. The molecule has 1 aromatic rings. The Labute approximate surface area is 111 Å². The molecule has 0 saturated heterocycles. The molecule has 0 aliphatic rings. The predicted molar refractivity (Wildman–Crippen MR) is 74.7 cm³/mol. The highest BCUT2D eigenvalue weighted by molar-refractivity contribution is 7.80. The molecule has 0 bridgehead atoms. The molecule has 0 radical (unpaired) electrons. The highest BCUT2D eigenvalue weighted by Crippen LogP contribution is 2.11. The maximum absolute atomic E-state index is 5.96. The summed E-state index contributed by atoms with van der Waals surface area (Å²) >= 11 is 10.9. The van der Waals surface area contributed by atoms with Gasteiger partial charge in [-0.25, -0.2) is 0 Å². The van der Waals surface area contributed by atoms with E-state index in [1.165, 1.54) is 0 Å². The number of thiocarbonyl (C=S) groups is 1. The monoisotopic (exact) mass is 271 g/mol. The van der Waals surface area contributed by atoms with Gasteiger partial charge in [0.05, 0.1) is 12.8 Å². The first kappa shape index (κ1) is 13.9. The van der Waals surface area contributed by atoms with Crippen LogP contribution in [-0.4, -0.2) is 31.6 Å². The van der Waals surface area contributed by atoms with Crippen LogP contribution in [0.1, 0.15) is 5.56 Å². The number of nitrogens with zero attached hydrogens (tertiary/aromatic N) is 1. The Bertz CT molecular complexity index is 398. The van der Waals surface area contributed by atoms with E-state index >= 15 is 0 Å². The quantitative estimate of drug-likeness (QED) is 0.371. The maximum atomic E-state index is 5.96. The summed E-state index contributed by atoms with van der Waals surface area (Å²) in [6.07, 6.45) is 1.62. The number of ether oxygens (including phenoxy) is 1. The third-order valence-electron chi connectivity index (χ3n) is 1.87. The van der Waals surface area contributed by atoms with E-state index in [2.05, 4.69) is 15.8 Å². The molecule has 92 valence electrons. The van der Waals surface area contributed by atoms with Crippen LogP contribution < -0.4 is 10.7 Å². The lowest BCUT2D eigenvalue weighted by molar-refractivity contribution is 0.204. The minimum atomic E-state index is 0.449. The molecule has 0 aliphatic carbocycles. The van der Waals surface area contributed by atoms with Gasteiger partial charge in [0, 0.05) is 24.2 Å². The van der Waals surface area contributed by atoms with Crippen LogP contribution in [0.4, 0.5) is 0 Å². The van der Waals surface area contributed by atoms with E-state index in [-0.39, 0.29) is 0 Å². The van der Waals surface area contributed by atoms with Crippen LogP contribution in [-0.2, 0) is 4.74 Å². The smallest absolute Gasteiger partial charge is 0.187 e. The van der Waals surface area contributed by atoms with Crippen molar-refractivity contribution in [3.05, 3.63) is 34.9 Å². The zero-order valence-corrected chi connectivity index (χ0v) is 11.0. The van der Waals surface area contributed by atoms with E-state index < -0.39 is 0 Å². The third kappa shape index (κ3) is 5.63. The van der Waals surface area contributed by atoms with Gasteiger partial charge in [-0.2, -0.15) is 5.10 Å². The molecule has 0 amide bonds. The van der Waals surface area contributed by atoms with Gasteiger partial charge in [-0.05, 0) is 18.3 Å². The summed E-state index contributed by atoms with van der Waals surface area (Å²) in [7, 11) is 1.63. The summed E-state index contributed by atoms with van der Waals surface area (Å²) in [5.74, 6) is 0. The van der Waals surface area contributed by atoms with Gasteiger partial charge >= 0.3 is 0 Å². The molecule has 0 aromatic heterocycles. The van der Waals surface area contributed by atoms with Crippen LogP contribution in [0.15, 0.2) is 29.4 Å². The van der Waals surface area contributed by atoms with Crippen molar-refractivity contribution in [1.82, 2.24) is 10.7 Å². The van der Waals surface area contributed by atoms with Gasteiger partial charge in [0.15, 0.2) is 5.11 Å². The first-order chi connectivity index (χ1) is 8.24. The number of halogens is 1. The summed E-state index contributed by atoms with van der Waals surface area (Å²) in [5, 5.41) is 8.01. The SMILES string of the molecule is COCCNC(=S)NN=Cc1ccccc1Cl. The number of nitrogens with one attached hydrogen (secondary N) is 2. The van der Waals surface area contributed by atoms with Crippen molar-refractivity contribution in [2.75, 3.05) is 20.3 Å². The fraction of sp³-hybridized carbons (Fsp3) is 0.273. The van der Waals surface area contributed by atoms with Crippen molar-refractivity contribution in [1.29, 1.82) is 0 Å². The van der Waals surface area contributed by atoms with Crippen molar-refractivity contribution < 1.29 is 4.74 Å². The summed E-state index contributed by atoms with van der Waals surface area (Å²) in [6, 6.07) is 7.43. The molecule has 0 aliphatic heterocycles. The van der Waals surface area contributed by atoms with Gasteiger partial charge in [-0.1, -0.05) is 29.8 Å². The van der Waals surface area contributed by atoms with Gasteiger partial charge in [0.1, 0.15) is 0 Å². The largest absolute Gasteiger partial charge is 0.383 e. The molecule has 0 heterocycles. The number of hydrogen-bond donors (Lipinski definition) is 2. The number of hydrazone groups is 1. The topological polar surface area (TPSA) is 45.6 Å². The van der Waals surface area contributed by atoms with Gasteiger partial charge in [0.2, 0.25) is 0 Å². The lowest BCUT2D eigenvalue weighted by atomic mass is 10.2. The second-order valence-electron chi connectivity index (χ2n) is 3.14. The Morgan fingerprint density at radius 1 is 1.53 bits per heavy atom. The molecule has 0 fully saturated rings. The van der Waals surface area contributed by atoms with Crippen LogP contribution in [0.3, 0.4) is 0 Å². The minimum Gasteiger partial charge on any atom is -0.383 e. The normalized spacial score (nSPS) is 10.5. The molecule has 1 rings (SSSR count). The Morgan fingerprint density at radius 3 is 3.00 bits per heavy atom. The molecule has 0 saturated carbocycles. The molecule has 17 heavy (non-hydrogen) atoms. The molecule has 0 atom stereocenters. The lowest BCUT2D eigenvalue weighted by Crippen LogP contribution is -2.34. The van der Waals surface area contributed by atoms with Gasteiger partial charge in [-0.15, -0.1) is 0 Å². The number of benzene rings is 1. The number of hydrogen-bond acceptors (Lipinski definition) is 3. The van der Waals surface area contributed by atoms with E-state index in [0.717, 1.165) is 5.56 Å². The van der Waals surface area contributed by atoms with Gasteiger partial charge in [0.25, 0.3) is 0 Å². The molecule has 4 nitrogen and oxygen atoms in total. The average molecular weight is 272 g/mol. The van der Waals surface area contributed by atoms with Crippen molar-refractivity contribution in [3.63, 3.8) is 0 Å². The Hall–Kier alpha value is -1.17. The molecule has 0 spiro atoms. The first-order valence-corrected chi connectivity index (χ1v) is 5.83. The molecular weight excluding hydrogens is 258 g/mol. The molecule has 1 aromatic carbocycles. The molecule has 0 unspecified atom stereocenters. The molecular formula is C11H14ClN3OS. The van der Waals surface area contributed by atoms with Crippen molar-refractivity contribution in [3.8, 4) is 0 Å². The van der Waals surface area contributed by atoms with E-state index in [0.29, 0.717) is 23.3 Å². The predicted octanol–water partition coefficient (Wildman–Crippen LogP) is 1.78.